The molecule has 2 aromatic rings. The summed E-state index contributed by atoms with van der Waals surface area (Å²) in [6.07, 6.45) is 5.99. The second kappa shape index (κ2) is 11.8. The molecule has 0 atom stereocenters. The number of nitrogens with one attached hydrogen (secondary N) is 2. The molecule has 0 fully saturated rings. The Balaban J connectivity index is 1.91. The van der Waals surface area contributed by atoms with E-state index in [2.05, 4.69) is 32.1 Å². The molecular weight excluding hydrogens is 370 g/mol. The van der Waals surface area contributed by atoms with Crippen LogP contribution in [0.4, 0.5) is 0 Å². The lowest BCUT2D eigenvalue weighted by Crippen LogP contribution is -2.37. The van der Waals surface area contributed by atoms with Gasteiger partial charge in [0.1, 0.15) is 5.82 Å². The summed E-state index contributed by atoms with van der Waals surface area (Å²) in [4.78, 5) is 8.93. The van der Waals surface area contributed by atoms with Gasteiger partial charge in [0.25, 0.3) is 0 Å². The molecule has 8 nitrogen and oxygen atoms in total. The van der Waals surface area contributed by atoms with Crippen molar-refractivity contribution < 1.29 is 14.2 Å². The molecule has 29 heavy (non-hydrogen) atoms. The quantitative estimate of drug-likeness (QED) is 0.341. The van der Waals surface area contributed by atoms with Gasteiger partial charge < -0.3 is 29.4 Å². The number of ether oxygens (including phenoxy) is 3. The highest BCUT2D eigenvalue weighted by Gasteiger charge is 2.13. The van der Waals surface area contributed by atoms with Gasteiger partial charge >= 0.3 is 0 Å². The van der Waals surface area contributed by atoms with E-state index < -0.39 is 0 Å². The van der Waals surface area contributed by atoms with Gasteiger partial charge in [-0.2, -0.15) is 0 Å². The topological polar surface area (TPSA) is 81.9 Å². The molecule has 1 heterocycles. The summed E-state index contributed by atoms with van der Waals surface area (Å²) >= 11 is 0. The highest BCUT2D eigenvalue weighted by molar-refractivity contribution is 5.79. The summed E-state index contributed by atoms with van der Waals surface area (Å²) in [6.45, 7) is 7.22. The van der Waals surface area contributed by atoms with Crippen LogP contribution < -0.4 is 24.8 Å². The van der Waals surface area contributed by atoms with Crippen LogP contribution in [0.2, 0.25) is 0 Å². The molecule has 8 heteroatoms. The van der Waals surface area contributed by atoms with Crippen LogP contribution >= 0.6 is 0 Å². The van der Waals surface area contributed by atoms with E-state index in [9.17, 15) is 0 Å². The van der Waals surface area contributed by atoms with Gasteiger partial charge in [0.15, 0.2) is 17.5 Å². The van der Waals surface area contributed by atoms with E-state index in [1.807, 2.05) is 31.5 Å². The van der Waals surface area contributed by atoms with E-state index in [0.717, 1.165) is 49.8 Å². The maximum atomic E-state index is 5.41. The van der Waals surface area contributed by atoms with Crippen LogP contribution in [0.5, 0.6) is 17.2 Å². The number of nitrogens with zero attached hydrogens (tertiary/aromatic N) is 3. The molecule has 0 spiro atoms. The van der Waals surface area contributed by atoms with Crippen molar-refractivity contribution in [3.8, 4) is 17.2 Å². The number of aliphatic imine (C=N–C) groups is 1. The fraction of sp³-hybridized carbons (Fsp3) is 0.524. The van der Waals surface area contributed by atoms with Crippen molar-refractivity contribution in [3.63, 3.8) is 0 Å². The molecule has 0 bridgehead atoms. The third kappa shape index (κ3) is 6.58. The zero-order chi connectivity index (χ0) is 21.1. The van der Waals surface area contributed by atoms with E-state index in [-0.39, 0.29) is 0 Å². The normalized spacial score (nSPS) is 11.3. The minimum absolute atomic E-state index is 0.500. The highest BCUT2D eigenvalue weighted by Crippen LogP contribution is 2.38. The lowest BCUT2D eigenvalue weighted by atomic mass is 10.2. The summed E-state index contributed by atoms with van der Waals surface area (Å²) in [6, 6.07) is 3.84. The molecule has 0 saturated carbocycles. The standard InChI is InChI=1S/C21H33N5O3/c1-6-22-21(24-9-7-8-11-26-12-10-23-16(26)2)25-15-17-13-18(27-3)20(29-5)19(14-17)28-4/h10,12-14H,6-9,11,15H2,1-5H3,(H2,22,24,25). The first-order chi connectivity index (χ1) is 14.1. The van der Waals surface area contributed by atoms with Crippen LogP contribution in [0, 0.1) is 6.92 Å². The van der Waals surface area contributed by atoms with Gasteiger partial charge in [-0.1, -0.05) is 0 Å². The second-order valence-corrected chi connectivity index (χ2v) is 6.53. The van der Waals surface area contributed by atoms with Crippen molar-refractivity contribution in [2.24, 2.45) is 4.99 Å². The fourth-order valence-electron chi connectivity index (χ4n) is 2.99. The maximum absolute atomic E-state index is 5.41. The molecular formula is C21H33N5O3. The second-order valence-electron chi connectivity index (χ2n) is 6.53. The van der Waals surface area contributed by atoms with Crippen LogP contribution in [0.15, 0.2) is 29.5 Å². The summed E-state index contributed by atoms with van der Waals surface area (Å²) in [5.74, 6) is 3.69. The summed E-state index contributed by atoms with van der Waals surface area (Å²) in [7, 11) is 4.82. The molecule has 1 aromatic heterocycles. The number of guanidine groups is 1. The summed E-state index contributed by atoms with van der Waals surface area (Å²) < 4.78 is 18.4. The lowest BCUT2D eigenvalue weighted by molar-refractivity contribution is 0.324. The SMILES string of the molecule is CCNC(=NCc1cc(OC)c(OC)c(OC)c1)NCCCCn1ccnc1C. The number of benzene rings is 1. The average Bonchev–Trinajstić information content (AvgIpc) is 3.15. The molecule has 2 N–H and O–H groups in total. The van der Waals surface area contributed by atoms with E-state index in [1.165, 1.54) is 0 Å². The van der Waals surface area contributed by atoms with Crippen molar-refractivity contribution in [1.29, 1.82) is 0 Å². The highest BCUT2D eigenvalue weighted by atomic mass is 16.5. The number of unbranched alkanes of at least 4 members (excludes halogenated alkanes) is 1. The van der Waals surface area contributed by atoms with E-state index in [4.69, 9.17) is 14.2 Å². The number of aromatic nitrogens is 2. The first-order valence-corrected chi connectivity index (χ1v) is 9.91. The maximum Gasteiger partial charge on any atom is 0.203 e. The summed E-state index contributed by atoms with van der Waals surface area (Å²) in [5.41, 5.74) is 0.979. The van der Waals surface area contributed by atoms with Gasteiger partial charge in [0, 0.05) is 32.0 Å². The molecule has 1 aromatic carbocycles. The molecule has 0 aliphatic rings. The fourth-order valence-corrected chi connectivity index (χ4v) is 2.99. The number of hydrogen-bond acceptors (Lipinski definition) is 5. The predicted molar refractivity (Wildman–Crippen MR) is 115 cm³/mol. The van der Waals surface area contributed by atoms with Gasteiger partial charge in [0.05, 0.1) is 27.9 Å². The van der Waals surface area contributed by atoms with Crippen LogP contribution in [0.1, 0.15) is 31.2 Å². The molecule has 0 radical (unpaired) electrons. The number of aryl methyl sites for hydroxylation is 2. The average molecular weight is 404 g/mol. The summed E-state index contributed by atoms with van der Waals surface area (Å²) in [5, 5.41) is 6.67. The van der Waals surface area contributed by atoms with Crippen molar-refractivity contribution in [2.75, 3.05) is 34.4 Å². The Morgan fingerprint density at radius 1 is 1.07 bits per heavy atom. The zero-order valence-corrected chi connectivity index (χ0v) is 18.1. The first kappa shape index (κ1) is 22.4. The Labute approximate surface area is 173 Å². The van der Waals surface area contributed by atoms with E-state index in [1.54, 1.807) is 21.3 Å². The number of hydrogen-bond donors (Lipinski definition) is 2. The lowest BCUT2D eigenvalue weighted by Gasteiger charge is -2.14. The Hall–Kier alpha value is -2.90. The van der Waals surface area contributed by atoms with Gasteiger partial charge in [-0.25, -0.2) is 9.98 Å². The van der Waals surface area contributed by atoms with Crippen molar-refractivity contribution in [3.05, 3.63) is 35.9 Å². The van der Waals surface area contributed by atoms with Gasteiger partial charge in [-0.15, -0.1) is 0 Å². The molecule has 160 valence electrons. The Kier molecular flexibility index (Phi) is 9.14. The number of rotatable bonds is 11. The number of imidazole rings is 1. The van der Waals surface area contributed by atoms with Gasteiger partial charge in [-0.3, -0.25) is 0 Å². The smallest absolute Gasteiger partial charge is 0.203 e. The van der Waals surface area contributed by atoms with Crippen LogP contribution in [0.25, 0.3) is 0 Å². The largest absolute Gasteiger partial charge is 0.493 e. The van der Waals surface area contributed by atoms with Crippen molar-refractivity contribution in [2.45, 2.75) is 39.8 Å². The number of methoxy groups -OCH3 is 3. The molecule has 0 unspecified atom stereocenters. The molecule has 0 amide bonds. The molecule has 0 saturated heterocycles. The minimum atomic E-state index is 0.500. The molecule has 0 aliphatic heterocycles. The Morgan fingerprint density at radius 2 is 1.79 bits per heavy atom. The Morgan fingerprint density at radius 3 is 2.34 bits per heavy atom. The van der Waals surface area contributed by atoms with E-state index >= 15 is 0 Å². The molecule has 0 aliphatic carbocycles. The van der Waals surface area contributed by atoms with Crippen molar-refractivity contribution >= 4 is 5.96 Å². The van der Waals surface area contributed by atoms with Crippen molar-refractivity contribution in [1.82, 2.24) is 20.2 Å². The molecule has 2 rings (SSSR count). The zero-order valence-electron chi connectivity index (χ0n) is 18.1. The van der Waals surface area contributed by atoms with Crippen LogP contribution in [0.3, 0.4) is 0 Å². The van der Waals surface area contributed by atoms with Gasteiger partial charge in [0.2, 0.25) is 5.75 Å². The van der Waals surface area contributed by atoms with E-state index in [0.29, 0.717) is 23.8 Å². The third-order valence-corrected chi connectivity index (χ3v) is 4.53. The van der Waals surface area contributed by atoms with Crippen LogP contribution in [-0.4, -0.2) is 49.9 Å². The van der Waals surface area contributed by atoms with Crippen LogP contribution in [-0.2, 0) is 13.1 Å². The minimum Gasteiger partial charge on any atom is -0.493 e. The monoisotopic (exact) mass is 403 g/mol. The first-order valence-electron chi connectivity index (χ1n) is 9.91. The van der Waals surface area contributed by atoms with Gasteiger partial charge in [-0.05, 0) is 44.4 Å². The Bertz CT molecular complexity index is 763. The third-order valence-electron chi connectivity index (χ3n) is 4.53. The predicted octanol–water partition coefficient (Wildman–Crippen LogP) is 2.75.